The molecular formula is C26H19F4N5O2S. The van der Waals surface area contributed by atoms with Gasteiger partial charge >= 0.3 is 6.18 Å². The van der Waals surface area contributed by atoms with Crippen molar-refractivity contribution in [3.05, 3.63) is 75.2 Å². The minimum Gasteiger partial charge on any atom is -0.381 e. The molecule has 1 saturated heterocycles. The zero-order valence-corrected chi connectivity index (χ0v) is 21.0. The molecule has 7 nitrogen and oxygen atoms in total. The van der Waals surface area contributed by atoms with Gasteiger partial charge in [0.05, 0.1) is 28.4 Å². The molecule has 0 saturated carbocycles. The van der Waals surface area contributed by atoms with Crippen LogP contribution >= 0.6 is 11.3 Å². The Bertz CT molecular complexity index is 1790. The molecule has 1 atom stereocenters. The summed E-state index contributed by atoms with van der Waals surface area (Å²) in [6, 6.07) is 5.86. The zero-order valence-electron chi connectivity index (χ0n) is 20.1. The molecule has 0 amide bonds. The monoisotopic (exact) mass is 541 g/mol. The van der Waals surface area contributed by atoms with Gasteiger partial charge in [0.15, 0.2) is 16.9 Å². The Morgan fingerprint density at radius 1 is 1.11 bits per heavy atom. The Morgan fingerprint density at radius 2 is 1.89 bits per heavy atom. The molecular weight excluding hydrogens is 522 g/mol. The minimum atomic E-state index is -4.72. The number of aromatic nitrogens is 5. The average molecular weight is 542 g/mol. The molecule has 0 N–H and O–H groups in total. The van der Waals surface area contributed by atoms with Gasteiger partial charge in [0.2, 0.25) is 5.43 Å². The number of pyridine rings is 1. The lowest BCUT2D eigenvalue weighted by Crippen LogP contribution is -2.19. The van der Waals surface area contributed by atoms with Crippen LogP contribution in [0, 0.1) is 19.7 Å². The van der Waals surface area contributed by atoms with Crippen LogP contribution in [0.2, 0.25) is 0 Å². The van der Waals surface area contributed by atoms with E-state index in [2.05, 4.69) is 20.1 Å². The maximum absolute atomic E-state index is 15.1. The van der Waals surface area contributed by atoms with Crippen molar-refractivity contribution in [3.8, 4) is 16.3 Å². The van der Waals surface area contributed by atoms with Crippen molar-refractivity contribution in [2.45, 2.75) is 32.4 Å². The van der Waals surface area contributed by atoms with Crippen molar-refractivity contribution in [2.24, 2.45) is 0 Å². The summed E-state index contributed by atoms with van der Waals surface area (Å²) in [5.41, 5.74) is -0.181. The van der Waals surface area contributed by atoms with Gasteiger partial charge in [-0.25, -0.2) is 19.0 Å². The highest BCUT2D eigenvalue weighted by molar-refractivity contribution is 7.22. The fourth-order valence-electron chi connectivity index (χ4n) is 4.44. The number of hydrogen-bond donors (Lipinski definition) is 0. The molecule has 1 aliphatic rings. The molecule has 1 fully saturated rings. The Morgan fingerprint density at radius 3 is 2.61 bits per heavy atom. The van der Waals surface area contributed by atoms with Crippen LogP contribution in [-0.2, 0) is 10.9 Å². The molecule has 4 aromatic heterocycles. The molecule has 0 aliphatic carbocycles. The first kappa shape index (κ1) is 24.6. The van der Waals surface area contributed by atoms with Gasteiger partial charge in [-0.05, 0) is 50.6 Å². The first-order valence-electron chi connectivity index (χ1n) is 11.7. The van der Waals surface area contributed by atoms with E-state index in [9.17, 15) is 18.0 Å². The second-order valence-electron chi connectivity index (χ2n) is 9.14. The van der Waals surface area contributed by atoms with Crippen LogP contribution in [0.15, 0.2) is 41.3 Å². The minimum absolute atomic E-state index is 0.0127. The molecule has 0 spiro atoms. The molecule has 1 aromatic carbocycles. The van der Waals surface area contributed by atoms with Crippen LogP contribution in [0.1, 0.15) is 35.0 Å². The summed E-state index contributed by atoms with van der Waals surface area (Å²) in [6.07, 6.45) is -2.11. The first-order valence-corrected chi connectivity index (χ1v) is 12.5. The van der Waals surface area contributed by atoms with E-state index in [1.807, 2.05) is 6.07 Å². The lowest BCUT2D eigenvalue weighted by molar-refractivity contribution is -0.137. The fourth-order valence-corrected chi connectivity index (χ4v) is 5.50. The summed E-state index contributed by atoms with van der Waals surface area (Å²) in [5, 5.41) is 5.21. The molecule has 5 aromatic rings. The summed E-state index contributed by atoms with van der Waals surface area (Å²) < 4.78 is 61.9. The normalized spacial score (nSPS) is 16.1. The Balaban J connectivity index is 1.57. The third-order valence-electron chi connectivity index (χ3n) is 6.63. The molecule has 0 radical (unpaired) electrons. The third-order valence-corrected chi connectivity index (χ3v) is 7.73. The van der Waals surface area contributed by atoms with E-state index >= 15 is 4.39 Å². The third kappa shape index (κ3) is 4.13. The molecule has 0 unspecified atom stereocenters. The van der Waals surface area contributed by atoms with Gasteiger partial charge in [0.1, 0.15) is 11.5 Å². The predicted molar refractivity (Wildman–Crippen MR) is 134 cm³/mol. The second-order valence-corrected chi connectivity index (χ2v) is 10.2. The number of alkyl halides is 3. The standard InChI is InChI=1S/C26H19F4N5O2S/c1-12-13(2)33-25-23(32-12)24(36)22(34-35(25)19-4-3-16(8-17(19)27)26(28,29)30)21-7-15-10-31-18(9-20(15)38-21)14-5-6-37-11-14/h3-4,7-10,14H,5-6,11H2,1-2H3/t14-/m1/s1. The van der Waals surface area contributed by atoms with Crippen LogP contribution in [0.5, 0.6) is 0 Å². The number of ether oxygens (including phenoxy) is 1. The lowest BCUT2D eigenvalue weighted by atomic mass is 10.0. The fraction of sp³-hybridized carbons (Fsp3) is 0.269. The Hall–Kier alpha value is -3.77. The van der Waals surface area contributed by atoms with Gasteiger partial charge < -0.3 is 4.74 Å². The Labute approximate surface area is 216 Å². The number of rotatable bonds is 3. The zero-order chi connectivity index (χ0) is 26.8. The van der Waals surface area contributed by atoms with Gasteiger partial charge in [-0.1, -0.05) is 0 Å². The van der Waals surface area contributed by atoms with E-state index < -0.39 is 23.0 Å². The van der Waals surface area contributed by atoms with E-state index in [-0.39, 0.29) is 28.5 Å². The van der Waals surface area contributed by atoms with E-state index in [4.69, 9.17) is 4.74 Å². The lowest BCUT2D eigenvalue weighted by Gasteiger charge is -2.14. The molecule has 0 bridgehead atoms. The molecule has 12 heteroatoms. The molecule has 5 heterocycles. The van der Waals surface area contributed by atoms with E-state index in [0.29, 0.717) is 35.5 Å². The number of thiophene rings is 1. The van der Waals surface area contributed by atoms with Gasteiger partial charge in [-0.15, -0.1) is 11.3 Å². The first-order chi connectivity index (χ1) is 18.1. The van der Waals surface area contributed by atoms with Gasteiger partial charge in [0.25, 0.3) is 0 Å². The molecule has 38 heavy (non-hydrogen) atoms. The van der Waals surface area contributed by atoms with Crippen molar-refractivity contribution in [1.29, 1.82) is 0 Å². The van der Waals surface area contributed by atoms with Crippen molar-refractivity contribution in [1.82, 2.24) is 24.7 Å². The summed E-state index contributed by atoms with van der Waals surface area (Å²) in [4.78, 5) is 27.4. The summed E-state index contributed by atoms with van der Waals surface area (Å²) in [7, 11) is 0. The van der Waals surface area contributed by atoms with E-state index in [1.54, 1.807) is 26.1 Å². The number of halogens is 4. The highest BCUT2D eigenvalue weighted by Crippen LogP contribution is 2.35. The summed E-state index contributed by atoms with van der Waals surface area (Å²) >= 11 is 1.32. The van der Waals surface area contributed by atoms with Crippen LogP contribution in [0.3, 0.4) is 0 Å². The molecule has 194 valence electrons. The predicted octanol–water partition coefficient (Wildman–Crippen LogP) is 5.73. The van der Waals surface area contributed by atoms with Crippen LogP contribution in [0.25, 0.3) is 37.5 Å². The number of benzene rings is 1. The largest absolute Gasteiger partial charge is 0.416 e. The van der Waals surface area contributed by atoms with E-state index in [0.717, 1.165) is 39.0 Å². The highest BCUT2D eigenvalue weighted by Gasteiger charge is 2.32. The Kier molecular flexibility index (Phi) is 5.76. The van der Waals surface area contributed by atoms with Crippen molar-refractivity contribution >= 4 is 32.6 Å². The SMILES string of the molecule is Cc1nc2c(=O)c(-c3cc4cnc([C@@H]5CCOC5)cc4s3)nn(-c3ccc(C(F)(F)F)cc3F)c2nc1C. The maximum atomic E-state index is 15.1. The smallest absolute Gasteiger partial charge is 0.381 e. The summed E-state index contributed by atoms with van der Waals surface area (Å²) in [6.45, 7) is 4.63. The van der Waals surface area contributed by atoms with Crippen molar-refractivity contribution in [2.75, 3.05) is 13.2 Å². The van der Waals surface area contributed by atoms with Gasteiger partial charge in [-0.2, -0.15) is 18.3 Å². The summed E-state index contributed by atoms with van der Waals surface area (Å²) in [5.74, 6) is -0.961. The quantitative estimate of drug-likeness (QED) is 0.271. The molecule has 1 aliphatic heterocycles. The topological polar surface area (TPSA) is 82.8 Å². The number of fused-ring (bicyclic) bond motifs is 2. The van der Waals surface area contributed by atoms with Crippen molar-refractivity contribution < 1.29 is 22.3 Å². The second kappa shape index (κ2) is 8.91. The van der Waals surface area contributed by atoms with Crippen molar-refractivity contribution in [3.63, 3.8) is 0 Å². The van der Waals surface area contributed by atoms with Gasteiger partial charge in [-0.3, -0.25) is 9.78 Å². The number of hydrogen-bond acceptors (Lipinski definition) is 7. The highest BCUT2D eigenvalue weighted by atomic mass is 32.1. The van der Waals surface area contributed by atoms with Crippen LogP contribution in [0.4, 0.5) is 17.6 Å². The van der Waals surface area contributed by atoms with Crippen LogP contribution in [-0.4, -0.2) is 37.9 Å². The number of nitrogens with zero attached hydrogens (tertiary/aromatic N) is 5. The van der Waals surface area contributed by atoms with Gasteiger partial charge in [0, 0.05) is 34.5 Å². The number of aryl methyl sites for hydroxylation is 2. The molecule has 6 rings (SSSR count). The van der Waals surface area contributed by atoms with E-state index in [1.165, 1.54) is 11.3 Å². The average Bonchev–Trinajstić information content (AvgIpc) is 3.55. The van der Waals surface area contributed by atoms with Crippen LogP contribution < -0.4 is 5.43 Å². The maximum Gasteiger partial charge on any atom is 0.416 e.